The quantitative estimate of drug-likeness (QED) is 0.812. The standard InChI is InChI=1S/C12H17FN2O/c1-8(2)11(14)12(16)15-7-9-3-5-10(13)6-4-9/h3-6,8,11H,7,14H2,1-2H3,(H,15,16)/t11-/m0/s1. The molecule has 0 heterocycles. The molecule has 1 aromatic carbocycles. The van der Waals surface area contributed by atoms with E-state index in [0.717, 1.165) is 5.56 Å². The molecule has 0 aliphatic heterocycles. The first-order chi connectivity index (χ1) is 7.50. The molecule has 1 amide bonds. The summed E-state index contributed by atoms with van der Waals surface area (Å²) in [6, 6.07) is 5.50. The maximum Gasteiger partial charge on any atom is 0.237 e. The molecule has 3 nitrogen and oxygen atoms in total. The molecule has 3 N–H and O–H groups in total. The third-order valence-electron chi connectivity index (χ3n) is 2.40. The zero-order valence-electron chi connectivity index (χ0n) is 9.53. The lowest BCUT2D eigenvalue weighted by molar-refractivity contribution is -0.123. The van der Waals surface area contributed by atoms with Crippen LogP contribution in [-0.4, -0.2) is 11.9 Å². The molecule has 0 radical (unpaired) electrons. The first-order valence-corrected chi connectivity index (χ1v) is 5.28. The smallest absolute Gasteiger partial charge is 0.237 e. The molecule has 1 aromatic rings. The SMILES string of the molecule is CC(C)[C@H](N)C(=O)NCc1ccc(F)cc1. The van der Waals surface area contributed by atoms with Crippen molar-refractivity contribution in [2.45, 2.75) is 26.4 Å². The van der Waals surface area contributed by atoms with Gasteiger partial charge in [0, 0.05) is 6.54 Å². The van der Waals surface area contributed by atoms with E-state index in [4.69, 9.17) is 5.73 Å². The minimum Gasteiger partial charge on any atom is -0.351 e. The maximum absolute atomic E-state index is 12.6. The van der Waals surface area contributed by atoms with Crippen molar-refractivity contribution < 1.29 is 9.18 Å². The minimum atomic E-state index is -0.500. The highest BCUT2D eigenvalue weighted by atomic mass is 19.1. The van der Waals surface area contributed by atoms with Crippen LogP contribution in [0.4, 0.5) is 4.39 Å². The second-order valence-corrected chi connectivity index (χ2v) is 4.11. The van der Waals surface area contributed by atoms with Gasteiger partial charge in [-0.3, -0.25) is 4.79 Å². The Morgan fingerprint density at radius 1 is 1.38 bits per heavy atom. The molecule has 88 valence electrons. The van der Waals surface area contributed by atoms with E-state index in [-0.39, 0.29) is 17.6 Å². The normalized spacial score (nSPS) is 12.6. The summed E-state index contributed by atoms with van der Waals surface area (Å²) in [6.45, 7) is 4.16. The van der Waals surface area contributed by atoms with Crippen LogP contribution in [0, 0.1) is 11.7 Å². The van der Waals surface area contributed by atoms with Crippen LogP contribution in [0.1, 0.15) is 19.4 Å². The summed E-state index contributed by atoms with van der Waals surface area (Å²) in [5.74, 6) is -0.360. The zero-order valence-corrected chi connectivity index (χ0v) is 9.53. The largest absolute Gasteiger partial charge is 0.351 e. The summed E-state index contributed by atoms with van der Waals surface area (Å²) in [4.78, 5) is 11.5. The molecule has 0 saturated heterocycles. The Labute approximate surface area is 94.8 Å². The van der Waals surface area contributed by atoms with Crippen LogP contribution in [0.15, 0.2) is 24.3 Å². The first kappa shape index (κ1) is 12.6. The second-order valence-electron chi connectivity index (χ2n) is 4.11. The fourth-order valence-electron chi connectivity index (χ4n) is 1.21. The fraction of sp³-hybridized carbons (Fsp3) is 0.417. The average molecular weight is 224 g/mol. The summed E-state index contributed by atoms with van der Waals surface area (Å²) in [5.41, 5.74) is 6.53. The van der Waals surface area contributed by atoms with Crippen molar-refractivity contribution in [2.24, 2.45) is 11.7 Å². The van der Waals surface area contributed by atoms with Gasteiger partial charge in [0.25, 0.3) is 0 Å². The van der Waals surface area contributed by atoms with Gasteiger partial charge in [-0.15, -0.1) is 0 Å². The number of benzene rings is 1. The van der Waals surface area contributed by atoms with E-state index in [0.29, 0.717) is 6.54 Å². The van der Waals surface area contributed by atoms with Crippen molar-refractivity contribution in [1.29, 1.82) is 0 Å². The summed E-state index contributed by atoms with van der Waals surface area (Å²) in [6.07, 6.45) is 0. The molecule has 0 aromatic heterocycles. The number of halogens is 1. The predicted molar refractivity (Wildman–Crippen MR) is 61.1 cm³/mol. The van der Waals surface area contributed by atoms with Crippen LogP contribution in [0.25, 0.3) is 0 Å². The second kappa shape index (κ2) is 5.61. The van der Waals surface area contributed by atoms with Gasteiger partial charge in [-0.1, -0.05) is 26.0 Å². The van der Waals surface area contributed by atoms with Crippen molar-refractivity contribution in [1.82, 2.24) is 5.32 Å². The van der Waals surface area contributed by atoms with Crippen molar-refractivity contribution in [3.05, 3.63) is 35.6 Å². The van der Waals surface area contributed by atoms with Crippen molar-refractivity contribution in [2.75, 3.05) is 0 Å². The van der Waals surface area contributed by atoms with Crippen LogP contribution in [0.5, 0.6) is 0 Å². The van der Waals surface area contributed by atoms with Gasteiger partial charge >= 0.3 is 0 Å². The molecule has 1 rings (SSSR count). The molecular formula is C12H17FN2O. The van der Waals surface area contributed by atoms with E-state index in [9.17, 15) is 9.18 Å². The van der Waals surface area contributed by atoms with Gasteiger partial charge in [0.05, 0.1) is 6.04 Å². The summed E-state index contributed by atoms with van der Waals surface area (Å²) in [7, 11) is 0. The Morgan fingerprint density at radius 2 is 1.94 bits per heavy atom. The summed E-state index contributed by atoms with van der Waals surface area (Å²) >= 11 is 0. The van der Waals surface area contributed by atoms with Crippen LogP contribution < -0.4 is 11.1 Å². The molecule has 16 heavy (non-hydrogen) atoms. The van der Waals surface area contributed by atoms with E-state index in [1.807, 2.05) is 13.8 Å². The highest BCUT2D eigenvalue weighted by molar-refractivity contribution is 5.81. The van der Waals surface area contributed by atoms with Gasteiger partial charge in [0.2, 0.25) is 5.91 Å². The Balaban J connectivity index is 2.46. The average Bonchev–Trinajstić information content (AvgIpc) is 2.26. The lowest BCUT2D eigenvalue weighted by Crippen LogP contribution is -2.43. The number of amides is 1. The first-order valence-electron chi connectivity index (χ1n) is 5.28. The Kier molecular flexibility index (Phi) is 4.43. The molecule has 0 aliphatic rings. The topological polar surface area (TPSA) is 55.1 Å². The highest BCUT2D eigenvalue weighted by Crippen LogP contribution is 2.03. The molecule has 0 saturated carbocycles. The summed E-state index contributed by atoms with van der Waals surface area (Å²) < 4.78 is 12.6. The number of carbonyl (C=O) groups is 1. The fourth-order valence-corrected chi connectivity index (χ4v) is 1.21. The van der Waals surface area contributed by atoms with E-state index in [2.05, 4.69) is 5.32 Å². The Morgan fingerprint density at radius 3 is 2.44 bits per heavy atom. The molecule has 0 unspecified atom stereocenters. The Hall–Kier alpha value is -1.42. The predicted octanol–water partition coefficient (Wildman–Crippen LogP) is 1.43. The van der Waals surface area contributed by atoms with E-state index >= 15 is 0 Å². The van der Waals surface area contributed by atoms with Crippen molar-refractivity contribution in [3.63, 3.8) is 0 Å². The van der Waals surface area contributed by atoms with Crippen LogP contribution >= 0.6 is 0 Å². The number of carbonyl (C=O) groups excluding carboxylic acids is 1. The highest BCUT2D eigenvalue weighted by Gasteiger charge is 2.16. The van der Waals surface area contributed by atoms with Crippen LogP contribution in [-0.2, 0) is 11.3 Å². The number of nitrogens with one attached hydrogen (secondary N) is 1. The lowest BCUT2D eigenvalue weighted by Gasteiger charge is -2.15. The van der Waals surface area contributed by atoms with E-state index < -0.39 is 6.04 Å². The van der Waals surface area contributed by atoms with Crippen molar-refractivity contribution in [3.8, 4) is 0 Å². The van der Waals surface area contributed by atoms with Gasteiger partial charge in [-0.25, -0.2) is 4.39 Å². The van der Waals surface area contributed by atoms with Crippen LogP contribution in [0.2, 0.25) is 0 Å². The van der Waals surface area contributed by atoms with E-state index in [1.165, 1.54) is 12.1 Å². The minimum absolute atomic E-state index is 0.105. The molecule has 0 bridgehead atoms. The van der Waals surface area contributed by atoms with Gasteiger partial charge in [-0.05, 0) is 23.6 Å². The zero-order chi connectivity index (χ0) is 12.1. The van der Waals surface area contributed by atoms with Crippen molar-refractivity contribution >= 4 is 5.91 Å². The third kappa shape index (κ3) is 3.62. The monoisotopic (exact) mass is 224 g/mol. The molecule has 0 spiro atoms. The molecule has 4 heteroatoms. The lowest BCUT2D eigenvalue weighted by atomic mass is 10.0. The number of hydrogen-bond acceptors (Lipinski definition) is 2. The third-order valence-corrected chi connectivity index (χ3v) is 2.40. The van der Waals surface area contributed by atoms with Crippen LogP contribution in [0.3, 0.4) is 0 Å². The number of nitrogens with two attached hydrogens (primary N) is 1. The van der Waals surface area contributed by atoms with Gasteiger partial charge < -0.3 is 11.1 Å². The number of rotatable bonds is 4. The van der Waals surface area contributed by atoms with Gasteiger partial charge in [-0.2, -0.15) is 0 Å². The van der Waals surface area contributed by atoms with Gasteiger partial charge in [0.1, 0.15) is 5.82 Å². The Bertz CT molecular complexity index is 349. The molecular weight excluding hydrogens is 207 g/mol. The number of hydrogen-bond donors (Lipinski definition) is 2. The molecule has 0 fully saturated rings. The molecule has 1 atom stereocenters. The summed E-state index contributed by atoms with van der Waals surface area (Å²) in [5, 5.41) is 2.71. The molecule has 0 aliphatic carbocycles. The van der Waals surface area contributed by atoms with Gasteiger partial charge in [0.15, 0.2) is 0 Å². The van der Waals surface area contributed by atoms with E-state index in [1.54, 1.807) is 12.1 Å². The maximum atomic E-state index is 12.6.